The molecule has 0 aromatic carbocycles. The van der Waals surface area contributed by atoms with Crippen molar-refractivity contribution in [2.75, 3.05) is 34.8 Å². The minimum atomic E-state index is 0.160. The first-order valence-corrected chi connectivity index (χ1v) is 9.41. The highest BCUT2D eigenvalue weighted by Crippen LogP contribution is 2.13. The monoisotopic (exact) mass is 334 g/mol. The molecule has 100 valence electrons. The number of hydrogen-bond donors (Lipinski definition) is 0. The van der Waals surface area contributed by atoms with Gasteiger partial charge in [-0.3, -0.25) is 9.59 Å². The van der Waals surface area contributed by atoms with Gasteiger partial charge in [0.25, 0.3) is 0 Å². The van der Waals surface area contributed by atoms with Crippen molar-refractivity contribution in [3.8, 4) is 0 Å². The van der Waals surface area contributed by atoms with Gasteiger partial charge in [0.1, 0.15) is 0 Å². The predicted octanol–water partition coefficient (Wildman–Crippen LogP) is 3.50. The summed E-state index contributed by atoms with van der Waals surface area (Å²) in [5.74, 6) is 4.31. The molecule has 0 unspecified atom stereocenters. The molecule has 0 aliphatic rings. The van der Waals surface area contributed by atoms with Gasteiger partial charge in [-0.05, 0) is 0 Å². The van der Waals surface area contributed by atoms with Gasteiger partial charge in [0, 0.05) is 47.6 Å². The third kappa shape index (κ3) is 13.2. The summed E-state index contributed by atoms with van der Waals surface area (Å²) in [6.45, 7) is 0. The van der Waals surface area contributed by atoms with Crippen molar-refractivity contribution in [1.82, 2.24) is 0 Å². The summed E-state index contributed by atoms with van der Waals surface area (Å²) >= 11 is 15.3. The van der Waals surface area contributed by atoms with Crippen LogP contribution < -0.4 is 0 Å². The summed E-state index contributed by atoms with van der Waals surface area (Å²) in [6, 6.07) is 0. The van der Waals surface area contributed by atoms with Crippen LogP contribution in [0.1, 0.15) is 12.8 Å². The van der Waals surface area contributed by atoms with Crippen molar-refractivity contribution in [1.29, 1.82) is 0 Å². The van der Waals surface area contributed by atoms with Crippen LogP contribution in [0, 0.1) is 0 Å². The van der Waals surface area contributed by atoms with Gasteiger partial charge < -0.3 is 0 Å². The number of hydrogen-bond acceptors (Lipinski definition) is 5. The van der Waals surface area contributed by atoms with Gasteiger partial charge >= 0.3 is 0 Å². The summed E-state index contributed by atoms with van der Waals surface area (Å²) in [7, 11) is 0. The van der Waals surface area contributed by atoms with Crippen molar-refractivity contribution in [3.63, 3.8) is 0 Å². The Morgan fingerprint density at radius 1 is 0.765 bits per heavy atom. The van der Waals surface area contributed by atoms with E-state index >= 15 is 0 Å². The lowest BCUT2D eigenvalue weighted by molar-refractivity contribution is -0.111. The Morgan fingerprint density at radius 3 is 1.53 bits per heavy atom. The summed E-state index contributed by atoms with van der Waals surface area (Å²) in [6.07, 6.45) is 0.888. The molecule has 0 N–H and O–H groups in total. The van der Waals surface area contributed by atoms with Gasteiger partial charge in [-0.25, -0.2) is 0 Å². The zero-order valence-corrected chi connectivity index (χ0v) is 13.4. The van der Waals surface area contributed by atoms with E-state index in [2.05, 4.69) is 0 Å². The molecular formula is C10H16Cl2O2S3. The molecule has 0 bridgehead atoms. The second-order valence-electron chi connectivity index (χ2n) is 2.93. The molecule has 0 rings (SSSR count). The van der Waals surface area contributed by atoms with Gasteiger partial charge in [0.05, 0.1) is 0 Å². The summed E-state index contributed by atoms with van der Waals surface area (Å²) in [5, 5.41) is 0.319. The smallest absolute Gasteiger partial charge is 0.190 e. The minimum Gasteiger partial charge on any atom is -0.287 e. The van der Waals surface area contributed by atoms with Gasteiger partial charge in [-0.2, -0.15) is 11.8 Å². The maximum atomic E-state index is 11.1. The first kappa shape index (κ1) is 18.0. The molecule has 0 radical (unpaired) electrons. The molecule has 0 aromatic rings. The van der Waals surface area contributed by atoms with Gasteiger partial charge in [0.15, 0.2) is 10.2 Å². The standard InChI is InChI=1S/C10H16Cl2O2S3/c11-3-1-9(13)16-7-5-15-6-8-17-10(14)2-4-12/h1-8H2. The molecule has 17 heavy (non-hydrogen) atoms. The molecule has 0 aromatic heterocycles. The van der Waals surface area contributed by atoms with E-state index < -0.39 is 0 Å². The van der Waals surface area contributed by atoms with Crippen molar-refractivity contribution >= 4 is 68.7 Å². The molecule has 0 aliphatic heterocycles. The van der Waals surface area contributed by atoms with E-state index in [9.17, 15) is 9.59 Å². The van der Waals surface area contributed by atoms with Gasteiger partial charge in [-0.1, -0.05) is 23.5 Å². The second kappa shape index (κ2) is 13.4. The van der Waals surface area contributed by atoms with E-state index in [4.69, 9.17) is 23.2 Å². The van der Waals surface area contributed by atoms with Crippen LogP contribution in [0.2, 0.25) is 0 Å². The molecule has 0 fully saturated rings. The van der Waals surface area contributed by atoms with E-state index in [1.807, 2.05) is 0 Å². The largest absolute Gasteiger partial charge is 0.287 e. The van der Waals surface area contributed by atoms with E-state index in [-0.39, 0.29) is 10.2 Å². The van der Waals surface area contributed by atoms with Crippen LogP contribution in [0.5, 0.6) is 0 Å². The Bertz CT molecular complexity index is 206. The fourth-order valence-corrected chi connectivity index (χ4v) is 4.16. The molecule has 0 heterocycles. The van der Waals surface area contributed by atoms with Gasteiger partial charge in [-0.15, -0.1) is 23.2 Å². The van der Waals surface area contributed by atoms with E-state index in [0.717, 1.165) is 23.0 Å². The lowest BCUT2D eigenvalue weighted by Crippen LogP contribution is -1.98. The topological polar surface area (TPSA) is 34.1 Å². The molecule has 0 saturated heterocycles. The lowest BCUT2D eigenvalue weighted by Gasteiger charge is -2.01. The normalized spacial score (nSPS) is 10.5. The first-order valence-electron chi connectivity index (χ1n) is 5.21. The van der Waals surface area contributed by atoms with Crippen molar-refractivity contribution < 1.29 is 9.59 Å². The summed E-state index contributed by atoms with van der Waals surface area (Å²) < 4.78 is 0. The SMILES string of the molecule is O=C(CCCl)SCCSCCSC(=O)CCCl. The molecular weight excluding hydrogens is 319 g/mol. The Morgan fingerprint density at radius 2 is 1.18 bits per heavy atom. The van der Waals surface area contributed by atoms with Crippen LogP contribution in [0.15, 0.2) is 0 Å². The highest BCUT2D eigenvalue weighted by Gasteiger charge is 2.02. The third-order valence-electron chi connectivity index (χ3n) is 1.58. The Labute approximate surface area is 125 Å². The van der Waals surface area contributed by atoms with Crippen LogP contribution in [0.25, 0.3) is 0 Å². The third-order valence-corrected chi connectivity index (χ3v) is 5.33. The number of carbonyl (C=O) groups is 2. The highest BCUT2D eigenvalue weighted by atomic mass is 35.5. The molecule has 0 amide bonds. The fourth-order valence-electron chi connectivity index (χ4n) is 0.830. The van der Waals surface area contributed by atoms with Crippen LogP contribution in [-0.4, -0.2) is 45.0 Å². The summed E-state index contributed by atoms with van der Waals surface area (Å²) in [4.78, 5) is 22.2. The molecule has 0 saturated carbocycles. The van der Waals surface area contributed by atoms with E-state index in [1.165, 1.54) is 23.5 Å². The predicted molar refractivity (Wildman–Crippen MR) is 82.9 cm³/mol. The number of alkyl halides is 2. The first-order chi connectivity index (χ1) is 8.20. The summed E-state index contributed by atoms with van der Waals surface area (Å²) in [5.41, 5.74) is 0. The Kier molecular flexibility index (Phi) is 14.2. The molecule has 0 spiro atoms. The zero-order valence-electron chi connectivity index (χ0n) is 9.45. The molecule has 2 nitrogen and oxygen atoms in total. The average molecular weight is 335 g/mol. The Hall–Kier alpha value is 0.970. The van der Waals surface area contributed by atoms with Crippen molar-refractivity contribution in [2.45, 2.75) is 12.8 Å². The zero-order chi connectivity index (χ0) is 12.9. The molecule has 0 atom stereocenters. The number of thioether (sulfide) groups is 3. The quantitative estimate of drug-likeness (QED) is 0.451. The maximum absolute atomic E-state index is 11.1. The van der Waals surface area contributed by atoms with Crippen LogP contribution in [0.3, 0.4) is 0 Å². The maximum Gasteiger partial charge on any atom is 0.190 e. The minimum absolute atomic E-state index is 0.160. The molecule has 7 heteroatoms. The highest BCUT2D eigenvalue weighted by molar-refractivity contribution is 8.15. The molecule has 0 aliphatic carbocycles. The fraction of sp³-hybridized carbons (Fsp3) is 0.800. The van der Waals surface area contributed by atoms with E-state index in [1.54, 1.807) is 11.8 Å². The number of rotatable bonds is 10. The van der Waals surface area contributed by atoms with Gasteiger partial charge in [0.2, 0.25) is 0 Å². The number of halogens is 2. The Balaban J connectivity index is 3.18. The lowest BCUT2D eigenvalue weighted by atomic mass is 10.6. The average Bonchev–Trinajstić information content (AvgIpc) is 2.28. The van der Waals surface area contributed by atoms with Crippen LogP contribution in [0.4, 0.5) is 0 Å². The van der Waals surface area contributed by atoms with Crippen LogP contribution in [-0.2, 0) is 9.59 Å². The van der Waals surface area contributed by atoms with Crippen LogP contribution >= 0.6 is 58.5 Å². The van der Waals surface area contributed by atoms with Crippen molar-refractivity contribution in [3.05, 3.63) is 0 Å². The second-order valence-corrected chi connectivity index (χ2v) is 7.22. The van der Waals surface area contributed by atoms with Crippen molar-refractivity contribution in [2.24, 2.45) is 0 Å². The number of carbonyl (C=O) groups excluding carboxylic acids is 2. The van der Waals surface area contributed by atoms with E-state index in [0.29, 0.717) is 24.6 Å².